The lowest BCUT2D eigenvalue weighted by Gasteiger charge is -2.19. The second-order valence-electron chi connectivity index (χ2n) is 6.66. The van der Waals surface area contributed by atoms with Gasteiger partial charge in [-0.15, -0.1) is 6.42 Å². The number of Topliss-reactive ketones (excluding diaryl/α,β-unsaturated/α-hetero) is 2. The summed E-state index contributed by atoms with van der Waals surface area (Å²) >= 11 is 0. The number of hydrogen-bond acceptors (Lipinski definition) is 2. The number of hydrogen-bond donors (Lipinski definition) is 0. The highest BCUT2D eigenvalue weighted by molar-refractivity contribution is 5.94. The van der Waals surface area contributed by atoms with Crippen LogP contribution in [0.2, 0.25) is 0 Å². The van der Waals surface area contributed by atoms with Crippen LogP contribution in [-0.2, 0) is 16.0 Å². The molecule has 2 unspecified atom stereocenters. The van der Waals surface area contributed by atoms with Crippen molar-refractivity contribution in [3.05, 3.63) is 71.3 Å². The summed E-state index contributed by atoms with van der Waals surface area (Å²) in [5, 5.41) is 0. The molecule has 0 N–H and O–H groups in total. The van der Waals surface area contributed by atoms with Gasteiger partial charge in [0, 0.05) is 18.3 Å². The van der Waals surface area contributed by atoms with E-state index in [0.29, 0.717) is 6.42 Å². The standard InChI is InChI=1S/C24H26O2/c1-4-22(25)13-9-10-19-14-16-20(17-15-19)18(3)24(26)23(5-2)21-11-7-6-8-12-21/h1,6-8,11-12,14-18,23H,5,9-10,13H2,2-3H3. The first-order valence-electron chi connectivity index (χ1n) is 9.23. The van der Waals surface area contributed by atoms with Crippen LogP contribution in [0.1, 0.15) is 61.6 Å². The SMILES string of the molecule is C#CC(=O)CCCc1ccc(C(C)C(=O)C(CC)c2ccccc2)cc1. The molecule has 0 bridgehead atoms. The summed E-state index contributed by atoms with van der Waals surface area (Å²) in [5.74, 6) is 2.04. The molecule has 2 atom stereocenters. The van der Waals surface area contributed by atoms with Crippen LogP contribution >= 0.6 is 0 Å². The zero-order chi connectivity index (χ0) is 18.9. The van der Waals surface area contributed by atoms with Gasteiger partial charge in [-0.25, -0.2) is 0 Å². The molecular weight excluding hydrogens is 320 g/mol. The molecule has 2 heteroatoms. The Labute approximate surface area is 156 Å². The molecule has 0 amide bonds. The average Bonchev–Trinajstić information content (AvgIpc) is 2.69. The predicted octanol–water partition coefficient (Wildman–Crippen LogP) is 5.08. The molecule has 26 heavy (non-hydrogen) atoms. The van der Waals surface area contributed by atoms with Gasteiger partial charge in [0.05, 0.1) is 0 Å². The average molecular weight is 346 g/mol. The van der Waals surface area contributed by atoms with Crippen molar-refractivity contribution in [3.8, 4) is 12.3 Å². The molecule has 2 aromatic rings. The van der Waals surface area contributed by atoms with Crippen molar-refractivity contribution in [2.75, 3.05) is 0 Å². The molecule has 2 rings (SSSR count). The van der Waals surface area contributed by atoms with Gasteiger partial charge in [0.1, 0.15) is 5.78 Å². The molecule has 0 saturated carbocycles. The Morgan fingerprint density at radius 2 is 1.65 bits per heavy atom. The van der Waals surface area contributed by atoms with Crippen molar-refractivity contribution in [1.82, 2.24) is 0 Å². The Hall–Kier alpha value is -2.66. The topological polar surface area (TPSA) is 34.1 Å². The molecule has 2 nitrogen and oxygen atoms in total. The zero-order valence-corrected chi connectivity index (χ0v) is 15.6. The van der Waals surface area contributed by atoms with E-state index in [1.807, 2.05) is 61.5 Å². The molecule has 0 aliphatic rings. The third-order valence-corrected chi connectivity index (χ3v) is 4.89. The van der Waals surface area contributed by atoms with E-state index in [4.69, 9.17) is 6.42 Å². The van der Waals surface area contributed by atoms with Crippen molar-refractivity contribution in [3.63, 3.8) is 0 Å². The first kappa shape index (κ1) is 19.7. The molecule has 0 aromatic heterocycles. The first-order valence-corrected chi connectivity index (χ1v) is 9.23. The molecule has 0 spiro atoms. The van der Waals surface area contributed by atoms with Crippen molar-refractivity contribution >= 4 is 11.6 Å². The molecular formula is C24H26O2. The van der Waals surface area contributed by atoms with Gasteiger partial charge in [-0.2, -0.15) is 0 Å². The van der Waals surface area contributed by atoms with E-state index in [1.54, 1.807) is 0 Å². The lowest BCUT2D eigenvalue weighted by Crippen LogP contribution is -2.18. The number of ketones is 2. The summed E-state index contributed by atoms with van der Waals surface area (Å²) in [5.41, 5.74) is 3.28. The second kappa shape index (κ2) is 9.73. The monoisotopic (exact) mass is 346 g/mol. The van der Waals surface area contributed by atoms with Gasteiger partial charge in [-0.1, -0.05) is 68.4 Å². The second-order valence-corrected chi connectivity index (χ2v) is 6.66. The van der Waals surface area contributed by atoms with Gasteiger partial charge < -0.3 is 0 Å². The maximum Gasteiger partial charge on any atom is 0.205 e. The van der Waals surface area contributed by atoms with Gasteiger partial charge in [0.2, 0.25) is 5.78 Å². The number of terminal acetylenes is 1. The number of aryl methyl sites for hydroxylation is 1. The summed E-state index contributed by atoms with van der Waals surface area (Å²) in [7, 11) is 0. The van der Waals surface area contributed by atoms with E-state index in [2.05, 4.69) is 12.8 Å². The minimum Gasteiger partial charge on any atom is -0.298 e. The minimum atomic E-state index is -0.146. The number of carbonyl (C=O) groups excluding carboxylic acids is 2. The van der Waals surface area contributed by atoms with Crippen LogP contribution < -0.4 is 0 Å². The van der Waals surface area contributed by atoms with Crippen LogP contribution in [0.5, 0.6) is 0 Å². The van der Waals surface area contributed by atoms with Crippen LogP contribution in [0.3, 0.4) is 0 Å². The molecule has 0 aliphatic carbocycles. The quantitative estimate of drug-likeness (QED) is 0.469. The summed E-state index contributed by atoms with van der Waals surface area (Å²) < 4.78 is 0. The van der Waals surface area contributed by atoms with Gasteiger partial charge in [0.25, 0.3) is 0 Å². The summed E-state index contributed by atoms with van der Waals surface area (Å²) in [6.07, 6.45) is 7.87. The van der Waals surface area contributed by atoms with E-state index in [9.17, 15) is 9.59 Å². The number of carbonyl (C=O) groups is 2. The first-order chi connectivity index (χ1) is 12.6. The van der Waals surface area contributed by atoms with E-state index in [0.717, 1.165) is 36.0 Å². The summed E-state index contributed by atoms with van der Waals surface area (Å²) in [4.78, 5) is 24.1. The smallest absolute Gasteiger partial charge is 0.205 e. The molecule has 0 saturated heterocycles. The molecule has 0 heterocycles. The molecule has 0 radical (unpaired) electrons. The molecule has 2 aromatic carbocycles. The fraction of sp³-hybridized carbons (Fsp3) is 0.333. The van der Waals surface area contributed by atoms with E-state index in [-0.39, 0.29) is 23.4 Å². The Kier molecular flexibility index (Phi) is 7.36. The minimum absolute atomic E-state index is 0.0688. The van der Waals surface area contributed by atoms with E-state index in [1.165, 1.54) is 0 Å². The van der Waals surface area contributed by atoms with Crippen LogP contribution in [-0.4, -0.2) is 11.6 Å². The molecule has 0 aliphatic heterocycles. The van der Waals surface area contributed by atoms with Crippen LogP contribution in [0.4, 0.5) is 0 Å². The Morgan fingerprint density at radius 3 is 2.23 bits per heavy atom. The maximum absolute atomic E-state index is 13.0. The number of benzene rings is 2. The molecule has 0 fully saturated rings. The predicted molar refractivity (Wildman–Crippen MR) is 106 cm³/mol. The van der Waals surface area contributed by atoms with Gasteiger partial charge in [-0.05, 0) is 41.9 Å². The maximum atomic E-state index is 13.0. The largest absolute Gasteiger partial charge is 0.298 e. The van der Waals surface area contributed by atoms with Crippen molar-refractivity contribution in [1.29, 1.82) is 0 Å². The fourth-order valence-corrected chi connectivity index (χ4v) is 3.25. The third-order valence-electron chi connectivity index (χ3n) is 4.89. The highest BCUT2D eigenvalue weighted by atomic mass is 16.1. The fourth-order valence-electron chi connectivity index (χ4n) is 3.25. The van der Waals surface area contributed by atoms with Crippen molar-refractivity contribution < 1.29 is 9.59 Å². The number of rotatable bonds is 9. The highest BCUT2D eigenvalue weighted by Crippen LogP contribution is 2.29. The molecule has 134 valence electrons. The Bertz CT molecular complexity index is 766. The van der Waals surface area contributed by atoms with E-state index < -0.39 is 0 Å². The summed E-state index contributed by atoms with van der Waals surface area (Å²) in [6.45, 7) is 4.04. The van der Waals surface area contributed by atoms with Gasteiger partial charge in [0.15, 0.2) is 0 Å². The zero-order valence-electron chi connectivity index (χ0n) is 15.6. The summed E-state index contributed by atoms with van der Waals surface area (Å²) in [6, 6.07) is 18.1. The van der Waals surface area contributed by atoms with Gasteiger partial charge in [-0.3, -0.25) is 9.59 Å². The lowest BCUT2D eigenvalue weighted by atomic mass is 9.83. The Morgan fingerprint density at radius 1 is 1.00 bits per heavy atom. The van der Waals surface area contributed by atoms with Gasteiger partial charge >= 0.3 is 0 Å². The van der Waals surface area contributed by atoms with Crippen molar-refractivity contribution in [2.45, 2.75) is 51.4 Å². The van der Waals surface area contributed by atoms with Crippen LogP contribution in [0.15, 0.2) is 54.6 Å². The lowest BCUT2D eigenvalue weighted by molar-refractivity contribution is -0.121. The van der Waals surface area contributed by atoms with Crippen molar-refractivity contribution in [2.24, 2.45) is 0 Å². The highest BCUT2D eigenvalue weighted by Gasteiger charge is 2.24. The van der Waals surface area contributed by atoms with Crippen LogP contribution in [0, 0.1) is 12.3 Å². The van der Waals surface area contributed by atoms with E-state index >= 15 is 0 Å². The Balaban J connectivity index is 2.02. The normalized spacial score (nSPS) is 12.8. The van der Waals surface area contributed by atoms with Crippen LogP contribution in [0.25, 0.3) is 0 Å². The third kappa shape index (κ3) is 5.17.